The summed E-state index contributed by atoms with van der Waals surface area (Å²) in [6, 6.07) is 0. The van der Waals surface area contributed by atoms with Gasteiger partial charge < -0.3 is 19.2 Å². The van der Waals surface area contributed by atoms with E-state index in [-0.39, 0.29) is 25.9 Å². The van der Waals surface area contributed by atoms with E-state index in [2.05, 4.69) is 0 Å². The average Bonchev–Trinajstić information content (AvgIpc) is 2.90. The van der Waals surface area contributed by atoms with Gasteiger partial charge in [0.25, 0.3) is 11.8 Å². The summed E-state index contributed by atoms with van der Waals surface area (Å²) in [5.41, 5.74) is -1.51. The first-order valence-corrected chi connectivity index (χ1v) is 10.2. The number of ether oxygens (including phenoxy) is 2. The minimum Gasteiger partial charge on any atom is -0.444 e. The molecule has 1 saturated heterocycles. The SMILES string of the molecule is CCN(CCN(CC(=O)ON1C(=O)CCC1=O)C(=O)OC(C)(C)C)C(=O)OC(C)(C)C. The first kappa shape index (κ1) is 26.2. The summed E-state index contributed by atoms with van der Waals surface area (Å²) in [5.74, 6) is -2.22. The molecule has 1 rings (SSSR count). The smallest absolute Gasteiger partial charge is 0.410 e. The summed E-state index contributed by atoms with van der Waals surface area (Å²) >= 11 is 0. The summed E-state index contributed by atoms with van der Waals surface area (Å²) in [5, 5.41) is 0.411. The molecule has 0 aromatic heterocycles. The Balaban J connectivity index is 2.84. The third-order valence-electron chi connectivity index (χ3n) is 3.84. The van der Waals surface area contributed by atoms with E-state index in [9.17, 15) is 24.0 Å². The fraction of sp³-hybridized carbons (Fsp3) is 0.750. The number of nitrogens with zero attached hydrogens (tertiary/aromatic N) is 3. The van der Waals surface area contributed by atoms with Crippen molar-refractivity contribution in [3.63, 3.8) is 0 Å². The van der Waals surface area contributed by atoms with Crippen LogP contribution in [0.1, 0.15) is 61.3 Å². The lowest BCUT2D eigenvalue weighted by Crippen LogP contribution is -2.47. The Morgan fingerprint density at radius 1 is 0.839 bits per heavy atom. The predicted molar refractivity (Wildman–Crippen MR) is 108 cm³/mol. The quantitative estimate of drug-likeness (QED) is 0.548. The molecule has 0 aliphatic carbocycles. The van der Waals surface area contributed by atoms with Gasteiger partial charge in [-0.15, -0.1) is 5.06 Å². The predicted octanol–water partition coefficient (Wildman–Crippen LogP) is 2.09. The fourth-order valence-corrected chi connectivity index (χ4v) is 2.45. The van der Waals surface area contributed by atoms with Crippen LogP contribution >= 0.6 is 0 Å². The maximum absolute atomic E-state index is 12.6. The van der Waals surface area contributed by atoms with Gasteiger partial charge in [0.1, 0.15) is 17.7 Å². The molecule has 0 spiro atoms. The molecular weight excluding hydrogens is 410 g/mol. The van der Waals surface area contributed by atoms with Gasteiger partial charge in [-0.05, 0) is 48.5 Å². The van der Waals surface area contributed by atoms with Crippen molar-refractivity contribution in [2.45, 2.75) is 72.5 Å². The second-order valence-electron chi connectivity index (χ2n) is 9.01. The minimum absolute atomic E-state index is 0.0385. The maximum Gasteiger partial charge on any atom is 0.410 e. The molecule has 0 radical (unpaired) electrons. The molecule has 0 aromatic rings. The summed E-state index contributed by atoms with van der Waals surface area (Å²) in [7, 11) is 0. The Labute approximate surface area is 182 Å². The molecule has 0 bridgehead atoms. The Kier molecular flexibility index (Phi) is 8.83. The lowest BCUT2D eigenvalue weighted by atomic mass is 10.2. The molecule has 1 heterocycles. The van der Waals surface area contributed by atoms with E-state index in [4.69, 9.17) is 14.3 Å². The van der Waals surface area contributed by atoms with Crippen LogP contribution in [0, 0.1) is 0 Å². The van der Waals surface area contributed by atoms with Gasteiger partial charge in [0.05, 0.1) is 0 Å². The summed E-state index contributed by atoms with van der Waals surface area (Å²) in [6.07, 6.45) is -1.44. The second kappa shape index (κ2) is 10.5. The molecule has 31 heavy (non-hydrogen) atoms. The van der Waals surface area contributed by atoms with Crippen molar-refractivity contribution in [2.75, 3.05) is 26.2 Å². The van der Waals surface area contributed by atoms with Crippen molar-refractivity contribution in [3.05, 3.63) is 0 Å². The highest BCUT2D eigenvalue weighted by Gasteiger charge is 2.34. The van der Waals surface area contributed by atoms with Crippen molar-refractivity contribution >= 4 is 30.0 Å². The standard InChI is InChI=1S/C20H33N3O8/c1-8-21(17(27)29-19(2,3)4)11-12-22(18(28)30-20(5,6)7)13-16(26)31-23-14(24)9-10-15(23)25/h8-13H2,1-7H3. The third-order valence-corrected chi connectivity index (χ3v) is 3.84. The van der Waals surface area contributed by atoms with Gasteiger partial charge in [-0.25, -0.2) is 14.4 Å². The van der Waals surface area contributed by atoms with E-state index in [1.54, 1.807) is 48.5 Å². The molecule has 1 fully saturated rings. The van der Waals surface area contributed by atoms with Gasteiger partial charge in [0.15, 0.2) is 0 Å². The van der Waals surface area contributed by atoms with Crippen LogP contribution in [0.25, 0.3) is 0 Å². The number of hydrogen-bond donors (Lipinski definition) is 0. The van der Waals surface area contributed by atoms with E-state index in [0.717, 1.165) is 4.90 Å². The topological polar surface area (TPSA) is 123 Å². The summed E-state index contributed by atoms with van der Waals surface area (Å²) in [4.78, 5) is 67.7. The van der Waals surface area contributed by atoms with Gasteiger partial charge in [0.2, 0.25) is 0 Å². The van der Waals surface area contributed by atoms with Crippen LogP contribution in [-0.2, 0) is 28.7 Å². The second-order valence-corrected chi connectivity index (χ2v) is 9.01. The molecule has 11 heteroatoms. The largest absolute Gasteiger partial charge is 0.444 e. The number of rotatable bonds is 7. The number of imide groups is 1. The number of hydroxylamine groups is 2. The zero-order valence-electron chi connectivity index (χ0n) is 19.4. The number of amides is 4. The van der Waals surface area contributed by atoms with Gasteiger partial charge in [-0.3, -0.25) is 14.5 Å². The Morgan fingerprint density at radius 3 is 1.68 bits per heavy atom. The summed E-state index contributed by atoms with van der Waals surface area (Å²) in [6.45, 7) is 11.7. The molecular formula is C20H33N3O8. The highest BCUT2D eigenvalue weighted by molar-refractivity contribution is 6.01. The molecule has 1 aliphatic rings. The van der Waals surface area contributed by atoms with Gasteiger partial charge in [0, 0.05) is 32.5 Å². The lowest BCUT2D eigenvalue weighted by molar-refractivity contribution is -0.197. The lowest BCUT2D eigenvalue weighted by Gasteiger charge is -2.30. The molecule has 176 valence electrons. The summed E-state index contributed by atoms with van der Waals surface area (Å²) < 4.78 is 10.7. The van der Waals surface area contributed by atoms with E-state index in [0.29, 0.717) is 11.6 Å². The van der Waals surface area contributed by atoms with Gasteiger partial charge >= 0.3 is 18.2 Å². The van der Waals surface area contributed by atoms with Crippen molar-refractivity contribution in [1.29, 1.82) is 0 Å². The maximum atomic E-state index is 12.6. The van der Waals surface area contributed by atoms with Crippen LogP contribution in [-0.4, -0.2) is 82.2 Å². The van der Waals surface area contributed by atoms with Crippen molar-refractivity contribution < 1.29 is 38.3 Å². The van der Waals surface area contributed by atoms with Crippen LogP contribution in [0.4, 0.5) is 9.59 Å². The Morgan fingerprint density at radius 2 is 1.26 bits per heavy atom. The minimum atomic E-state index is -0.977. The number of hydrogen-bond acceptors (Lipinski definition) is 8. The zero-order valence-corrected chi connectivity index (χ0v) is 19.4. The van der Waals surface area contributed by atoms with Crippen molar-refractivity contribution in [1.82, 2.24) is 14.9 Å². The van der Waals surface area contributed by atoms with E-state index >= 15 is 0 Å². The van der Waals surface area contributed by atoms with Crippen molar-refractivity contribution in [2.24, 2.45) is 0 Å². The van der Waals surface area contributed by atoms with Crippen LogP contribution in [0.15, 0.2) is 0 Å². The monoisotopic (exact) mass is 443 g/mol. The molecule has 0 N–H and O–H groups in total. The van der Waals surface area contributed by atoms with E-state index < -0.39 is 47.7 Å². The molecule has 1 aliphatic heterocycles. The molecule has 0 aromatic carbocycles. The molecule has 0 atom stereocenters. The number of carbonyl (C=O) groups excluding carboxylic acids is 5. The molecule has 0 saturated carbocycles. The molecule has 4 amide bonds. The van der Waals surface area contributed by atoms with E-state index in [1.807, 2.05) is 0 Å². The fourth-order valence-electron chi connectivity index (χ4n) is 2.45. The third kappa shape index (κ3) is 9.22. The molecule has 11 nitrogen and oxygen atoms in total. The van der Waals surface area contributed by atoms with Crippen LogP contribution in [0.2, 0.25) is 0 Å². The van der Waals surface area contributed by atoms with Crippen LogP contribution in [0.3, 0.4) is 0 Å². The number of likely N-dealkylation sites (N-methyl/N-ethyl adjacent to an activating group) is 1. The zero-order chi connectivity index (χ0) is 24.0. The highest BCUT2D eigenvalue weighted by atomic mass is 16.7. The highest BCUT2D eigenvalue weighted by Crippen LogP contribution is 2.14. The van der Waals surface area contributed by atoms with E-state index in [1.165, 1.54) is 4.90 Å². The van der Waals surface area contributed by atoms with Crippen LogP contribution in [0.5, 0.6) is 0 Å². The first-order chi connectivity index (χ1) is 14.1. The van der Waals surface area contributed by atoms with Crippen LogP contribution < -0.4 is 0 Å². The normalized spacial score (nSPS) is 14.4. The van der Waals surface area contributed by atoms with Crippen molar-refractivity contribution in [3.8, 4) is 0 Å². The molecule has 0 unspecified atom stereocenters. The van der Waals surface area contributed by atoms with Gasteiger partial charge in [-0.1, -0.05) is 0 Å². The average molecular weight is 443 g/mol. The Hall–Kier alpha value is -2.85. The first-order valence-electron chi connectivity index (χ1n) is 10.2. The van der Waals surface area contributed by atoms with Gasteiger partial charge in [-0.2, -0.15) is 0 Å². The number of carbonyl (C=O) groups is 5. The Bertz CT molecular complexity index is 692.